The van der Waals surface area contributed by atoms with Crippen LogP contribution in [0.2, 0.25) is 0 Å². The quantitative estimate of drug-likeness (QED) is 0.846. The van der Waals surface area contributed by atoms with Crippen LogP contribution in [-0.2, 0) is 9.59 Å². The molecule has 0 aromatic heterocycles. The molecule has 1 aromatic rings. The smallest absolute Gasteiger partial charge is 0.239 e. The Morgan fingerprint density at radius 3 is 2.95 bits per heavy atom. The molecule has 0 saturated carbocycles. The first-order valence-corrected chi connectivity index (χ1v) is 7.17. The highest BCUT2D eigenvalue weighted by Gasteiger charge is 2.17. The summed E-state index contributed by atoms with van der Waals surface area (Å²) in [6.45, 7) is 0.988. The van der Waals surface area contributed by atoms with Gasteiger partial charge in [0.1, 0.15) is 0 Å². The van der Waals surface area contributed by atoms with E-state index in [0.717, 1.165) is 24.4 Å². The van der Waals surface area contributed by atoms with Gasteiger partial charge in [-0.2, -0.15) is 0 Å². The maximum atomic E-state index is 11.8. The van der Waals surface area contributed by atoms with Crippen LogP contribution in [0.4, 0.5) is 5.69 Å². The molecule has 0 atom stereocenters. The largest absolute Gasteiger partial charge is 0.368 e. The number of thioether (sulfide) groups is 1. The van der Waals surface area contributed by atoms with Crippen LogP contribution in [0.3, 0.4) is 0 Å². The number of nitrogens with two attached hydrogens (primary N) is 1. The lowest BCUT2D eigenvalue weighted by Crippen LogP contribution is -2.41. The van der Waals surface area contributed by atoms with Crippen LogP contribution in [0.1, 0.15) is 6.42 Å². The zero-order valence-corrected chi connectivity index (χ0v) is 11.4. The van der Waals surface area contributed by atoms with Crippen LogP contribution >= 0.6 is 11.8 Å². The van der Waals surface area contributed by atoms with Gasteiger partial charge in [0, 0.05) is 11.4 Å². The third-order valence-electron chi connectivity index (χ3n) is 2.83. The van der Waals surface area contributed by atoms with Crippen molar-refractivity contribution in [2.75, 3.05) is 30.3 Å². The SMILES string of the molecule is NC(=O)CNC(=O)CN1CCCSc2ccccc21. The Labute approximate surface area is 116 Å². The maximum Gasteiger partial charge on any atom is 0.239 e. The summed E-state index contributed by atoms with van der Waals surface area (Å²) >= 11 is 1.81. The first kappa shape index (κ1) is 13.7. The Bertz CT molecular complexity index is 479. The fourth-order valence-electron chi connectivity index (χ4n) is 1.98. The molecule has 1 aliphatic heterocycles. The molecule has 102 valence electrons. The molecular formula is C13H17N3O2S. The molecule has 6 heteroatoms. The molecule has 1 aliphatic rings. The lowest BCUT2D eigenvalue weighted by Gasteiger charge is -2.23. The number of nitrogens with one attached hydrogen (secondary N) is 1. The van der Waals surface area contributed by atoms with E-state index in [1.54, 1.807) is 0 Å². The van der Waals surface area contributed by atoms with Crippen molar-refractivity contribution >= 4 is 29.3 Å². The van der Waals surface area contributed by atoms with Gasteiger partial charge in [-0.25, -0.2) is 0 Å². The van der Waals surface area contributed by atoms with Crippen molar-refractivity contribution in [3.05, 3.63) is 24.3 Å². The van der Waals surface area contributed by atoms with Crippen LogP contribution in [0.5, 0.6) is 0 Å². The molecule has 0 fully saturated rings. The fraction of sp³-hybridized carbons (Fsp3) is 0.385. The number of carbonyl (C=O) groups is 2. The summed E-state index contributed by atoms with van der Waals surface area (Å²) in [6, 6.07) is 8.07. The molecule has 0 bridgehead atoms. The first-order chi connectivity index (χ1) is 9.16. The molecule has 0 aliphatic carbocycles. The third kappa shape index (κ3) is 3.89. The van der Waals surface area contributed by atoms with E-state index >= 15 is 0 Å². The lowest BCUT2D eigenvalue weighted by molar-refractivity contribution is -0.123. The van der Waals surface area contributed by atoms with Crippen LogP contribution in [-0.4, -0.2) is 37.2 Å². The molecule has 19 heavy (non-hydrogen) atoms. The highest BCUT2D eigenvalue weighted by molar-refractivity contribution is 7.99. The Kier molecular flexibility index (Phi) is 4.68. The topological polar surface area (TPSA) is 75.4 Å². The highest BCUT2D eigenvalue weighted by atomic mass is 32.2. The van der Waals surface area contributed by atoms with Crippen molar-refractivity contribution in [3.8, 4) is 0 Å². The van der Waals surface area contributed by atoms with E-state index in [1.807, 2.05) is 34.9 Å². The van der Waals surface area contributed by atoms with Crippen LogP contribution < -0.4 is 16.0 Å². The van der Waals surface area contributed by atoms with E-state index in [4.69, 9.17) is 5.73 Å². The monoisotopic (exact) mass is 279 g/mol. The predicted molar refractivity (Wildman–Crippen MR) is 76.2 cm³/mol. The number of nitrogens with zero attached hydrogens (tertiary/aromatic N) is 1. The molecule has 0 spiro atoms. The third-order valence-corrected chi connectivity index (χ3v) is 3.98. The van der Waals surface area contributed by atoms with E-state index in [1.165, 1.54) is 4.90 Å². The number of hydrogen-bond donors (Lipinski definition) is 2. The number of rotatable bonds is 4. The van der Waals surface area contributed by atoms with Crippen molar-refractivity contribution in [2.24, 2.45) is 5.73 Å². The second-order valence-electron chi connectivity index (χ2n) is 4.33. The van der Waals surface area contributed by atoms with Gasteiger partial charge in [-0.05, 0) is 24.3 Å². The lowest BCUT2D eigenvalue weighted by atomic mass is 10.2. The van der Waals surface area contributed by atoms with E-state index in [2.05, 4.69) is 11.4 Å². The van der Waals surface area contributed by atoms with Gasteiger partial charge in [0.15, 0.2) is 0 Å². The highest BCUT2D eigenvalue weighted by Crippen LogP contribution is 2.33. The van der Waals surface area contributed by atoms with Crippen LogP contribution in [0, 0.1) is 0 Å². The minimum absolute atomic E-state index is 0.108. The normalized spacial score (nSPS) is 14.4. The summed E-state index contributed by atoms with van der Waals surface area (Å²) in [4.78, 5) is 25.7. The molecule has 0 saturated heterocycles. The van der Waals surface area contributed by atoms with Gasteiger partial charge in [0.2, 0.25) is 11.8 Å². The van der Waals surface area contributed by atoms with Gasteiger partial charge in [0.05, 0.1) is 18.8 Å². The van der Waals surface area contributed by atoms with Gasteiger partial charge in [0.25, 0.3) is 0 Å². The summed E-state index contributed by atoms with van der Waals surface area (Å²) < 4.78 is 0. The molecule has 2 rings (SSSR count). The van der Waals surface area contributed by atoms with E-state index in [-0.39, 0.29) is 19.0 Å². The Hall–Kier alpha value is -1.69. The molecule has 1 aromatic carbocycles. The van der Waals surface area contributed by atoms with Crippen molar-refractivity contribution in [1.29, 1.82) is 0 Å². The van der Waals surface area contributed by atoms with Crippen molar-refractivity contribution in [1.82, 2.24) is 5.32 Å². The van der Waals surface area contributed by atoms with E-state index in [9.17, 15) is 9.59 Å². The van der Waals surface area contributed by atoms with Crippen molar-refractivity contribution in [2.45, 2.75) is 11.3 Å². The van der Waals surface area contributed by atoms with Gasteiger partial charge in [-0.15, -0.1) is 11.8 Å². The number of para-hydroxylation sites is 1. The number of carbonyl (C=O) groups excluding carboxylic acids is 2. The maximum absolute atomic E-state index is 11.8. The number of benzene rings is 1. The van der Waals surface area contributed by atoms with E-state index in [0.29, 0.717) is 0 Å². The average molecular weight is 279 g/mol. The number of amides is 2. The standard InChI is InChI=1S/C13H17N3O2S/c14-12(17)8-15-13(18)9-16-6-3-7-19-11-5-2-1-4-10(11)16/h1-2,4-5H,3,6-9H2,(H2,14,17)(H,15,18). The first-order valence-electron chi connectivity index (χ1n) is 6.18. The van der Waals surface area contributed by atoms with Crippen LogP contribution in [0.25, 0.3) is 0 Å². The van der Waals surface area contributed by atoms with Gasteiger partial charge in [-0.1, -0.05) is 12.1 Å². The molecule has 5 nitrogen and oxygen atoms in total. The predicted octanol–water partition coefficient (Wildman–Crippen LogP) is 0.590. The number of fused-ring (bicyclic) bond motifs is 1. The van der Waals surface area contributed by atoms with Gasteiger partial charge in [-0.3, -0.25) is 9.59 Å². The molecule has 0 unspecified atom stereocenters. The van der Waals surface area contributed by atoms with Gasteiger partial charge >= 0.3 is 0 Å². The Morgan fingerprint density at radius 2 is 2.16 bits per heavy atom. The van der Waals surface area contributed by atoms with Crippen molar-refractivity contribution < 1.29 is 9.59 Å². The number of anilines is 1. The Morgan fingerprint density at radius 1 is 1.37 bits per heavy atom. The summed E-state index contributed by atoms with van der Waals surface area (Å²) in [6.07, 6.45) is 1.03. The average Bonchev–Trinajstić information content (AvgIpc) is 2.59. The zero-order valence-electron chi connectivity index (χ0n) is 10.6. The Balaban J connectivity index is 2.03. The zero-order chi connectivity index (χ0) is 13.7. The van der Waals surface area contributed by atoms with Crippen molar-refractivity contribution in [3.63, 3.8) is 0 Å². The number of hydrogen-bond acceptors (Lipinski definition) is 4. The van der Waals surface area contributed by atoms with Crippen LogP contribution in [0.15, 0.2) is 29.2 Å². The molecule has 1 heterocycles. The minimum Gasteiger partial charge on any atom is -0.368 e. The number of primary amides is 1. The second kappa shape index (κ2) is 6.47. The fourth-order valence-corrected chi connectivity index (χ4v) is 2.99. The summed E-state index contributed by atoms with van der Waals surface area (Å²) in [5, 5.41) is 2.52. The summed E-state index contributed by atoms with van der Waals surface area (Å²) in [7, 11) is 0. The summed E-state index contributed by atoms with van der Waals surface area (Å²) in [5.41, 5.74) is 6.09. The molecule has 2 amide bonds. The molecule has 3 N–H and O–H groups in total. The van der Waals surface area contributed by atoms with E-state index < -0.39 is 5.91 Å². The molecular weight excluding hydrogens is 262 g/mol. The van der Waals surface area contributed by atoms with Gasteiger partial charge < -0.3 is 16.0 Å². The molecule has 0 radical (unpaired) electrons. The summed E-state index contributed by atoms with van der Waals surface area (Å²) in [5.74, 6) is 0.344. The minimum atomic E-state index is -0.528. The second-order valence-corrected chi connectivity index (χ2v) is 5.47.